The number of nitrogens with one attached hydrogen (secondary N) is 2. The van der Waals surface area contributed by atoms with Crippen molar-refractivity contribution in [2.45, 2.75) is 33.5 Å². The zero-order valence-electron chi connectivity index (χ0n) is 22.3. The fourth-order valence-corrected chi connectivity index (χ4v) is 4.59. The Morgan fingerprint density at radius 1 is 1.00 bits per heavy atom. The maximum Gasteiger partial charge on any atom is 0.327 e. The molecule has 2 heterocycles. The minimum absolute atomic E-state index is 0.102. The van der Waals surface area contributed by atoms with E-state index in [1.165, 1.54) is 0 Å². The molecule has 4 rings (SSSR count). The summed E-state index contributed by atoms with van der Waals surface area (Å²) in [7, 11) is 3.26. The van der Waals surface area contributed by atoms with Crippen molar-refractivity contribution in [1.82, 2.24) is 19.6 Å². The summed E-state index contributed by atoms with van der Waals surface area (Å²) in [5.74, 6) is 1.12. The summed E-state index contributed by atoms with van der Waals surface area (Å²) in [5, 5.41) is 20.5. The van der Waals surface area contributed by atoms with Gasteiger partial charge in [-0.1, -0.05) is 36.4 Å². The van der Waals surface area contributed by atoms with Crippen LogP contribution in [0, 0.1) is 16.7 Å². The van der Waals surface area contributed by atoms with Crippen LogP contribution in [0.4, 0.5) is 10.5 Å². The van der Waals surface area contributed by atoms with Gasteiger partial charge in [-0.05, 0) is 25.5 Å². The zero-order chi connectivity index (χ0) is 27.2. The summed E-state index contributed by atoms with van der Waals surface area (Å²) >= 11 is 0. The van der Waals surface area contributed by atoms with Gasteiger partial charge in [0.1, 0.15) is 11.5 Å². The minimum atomic E-state index is -0.326. The summed E-state index contributed by atoms with van der Waals surface area (Å²) in [6.45, 7) is 5.66. The first-order valence-electron chi connectivity index (χ1n) is 12.4. The van der Waals surface area contributed by atoms with Gasteiger partial charge in [0.15, 0.2) is 0 Å². The quantitative estimate of drug-likeness (QED) is 0.365. The van der Waals surface area contributed by atoms with Gasteiger partial charge in [-0.3, -0.25) is 14.5 Å². The van der Waals surface area contributed by atoms with Crippen molar-refractivity contribution in [1.29, 1.82) is 10.8 Å². The van der Waals surface area contributed by atoms with Gasteiger partial charge in [-0.2, -0.15) is 5.10 Å². The smallest absolute Gasteiger partial charge is 0.327 e. The van der Waals surface area contributed by atoms with Gasteiger partial charge in [0.2, 0.25) is 0 Å². The second kappa shape index (κ2) is 11.9. The summed E-state index contributed by atoms with van der Waals surface area (Å²) < 4.78 is 12.7. The maximum atomic E-state index is 13.7. The Kier molecular flexibility index (Phi) is 8.42. The average molecular weight is 518 g/mol. The van der Waals surface area contributed by atoms with Crippen molar-refractivity contribution in [2.75, 3.05) is 32.5 Å². The van der Waals surface area contributed by atoms with Crippen molar-refractivity contribution >= 4 is 23.1 Å². The largest absolute Gasteiger partial charge is 0.497 e. The second-order valence-corrected chi connectivity index (χ2v) is 9.52. The van der Waals surface area contributed by atoms with E-state index >= 15 is 0 Å². The molecule has 0 unspecified atom stereocenters. The van der Waals surface area contributed by atoms with Crippen LogP contribution >= 0.6 is 0 Å². The van der Waals surface area contributed by atoms with Crippen LogP contribution in [0.25, 0.3) is 0 Å². The van der Waals surface area contributed by atoms with E-state index in [4.69, 9.17) is 20.3 Å². The summed E-state index contributed by atoms with van der Waals surface area (Å²) in [6.07, 6.45) is 3.49. The first-order chi connectivity index (χ1) is 18.3. The fraction of sp³-hybridized carbons (Fsp3) is 0.357. The molecule has 2 amide bonds. The molecule has 38 heavy (non-hydrogen) atoms. The van der Waals surface area contributed by atoms with E-state index in [2.05, 4.69) is 10.00 Å². The molecule has 3 aromatic rings. The first kappa shape index (κ1) is 26.9. The number of aromatic nitrogens is 2. The summed E-state index contributed by atoms with van der Waals surface area (Å²) in [4.78, 5) is 19.4. The van der Waals surface area contributed by atoms with Gasteiger partial charge >= 0.3 is 6.03 Å². The SMILES string of the molecule is COc1ccc(CN2CN(Cc3ccccc3)C(=O)N(c3cnn(CC(C(C)=N)C(C)=N)c3)C2)c(OC)c1. The van der Waals surface area contributed by atoms with Crippen molar-refractivity contribution in [3.63, 3.8) is 0 Å². The predicted octanol–water partition coefficient (Wildman–Crippen LogP) is 4.46. The molecule has 200 valence electrons. The monoisotopic (exact) mass is 517 g/mol. The molecule has 1 saturated heterocycles. The maximum absolute atomic E-state index is 13.7. The molecule has 0 spiro atoms. The molecule has 10 nitrogen and oxygen atoms in total. The lowest BCUT2D eigenvalue weighted by molar-refractivity contribution is 0.105. The van der Waals surface area contributed by atoms with E-state index in [-0.39, 0.29) is 11.9 Å². The van der Waals surface area contributed by atoms with Gasteiger partial charge in [-0.25, -0.2) is 4.79 Å². The van der Waals surface area contributed by atoms with E-state index in [0.29, 0.717) is 50.1 Å². The zero-order valence-corrected chi connectivity index (χ0v) is 22.3. The normalized spacial score (nSPS) is 14.9. The fourth-order valence-electron chi connectivity index (χ4n) is 4.59. The first-order valence-corrected chi connectivity index (χ1v) is 12.4. The lowest BCUT2D eigenvalue weighted by atomic mass is 10.00. The molecular formula is C28H35N7O3. The number of rotatable bonds is 11. The molecule has 0 atom stereocenters. The van der Waals surface area contributed by atoms with Crippen LogP contribution in [0.5, 0.6) is 11.5 Å². The van der Waals surface area contributed by atoms with Crippen LogP contribution in [0.15, 0.2) is 60.9 Å². The van der Waals surface area contributed by atoms with Gasteiger partial charge < -0.3 is 25.2 Å². The van der Waals surface area contributed by atoms with Gasteiger partial charge in [-0.15, -0.1) is 0 Å². The van der Waals surface area contributed by atoms with Gasteiger partial charge in [0, 0.05) is 42.3 Å². The van der Waals surface area contributed by atoms with E-state index in [0.717, 1.165) is 22.6 Å². The Hall–Kier alpha value is -4.18. The van der Waals surface area contributed by atoms with Crippen molar-refractivity contribution < 1.29 is 14.3 Å². The van der Waals surface area contributed by atoms with E-state index in [1.54, 1.807) is 43.8 Å². The molecule has 1 fully saturated rings. The molecule has 0 bridgehead atoms. The Morgan fingerprint density at radius 2 is 1.74 bits per heavy atom. The van der Waals surface area contributed by atoms with Crippen LogP contribution < -0.4 is 14.4 Å². The Morgan fingerprint density at radius 3 is 2.39 bits per heavy atom. The van der Waals surface area contributed by atoms with Crippen LogP contribution in [-0.4, -0.2) is 64.6 Å². The van der Waals surface area contributed by atoms with Crippen molar-refractivity contribution in [3.8, 4) is 11.5 Å². The minimum Gasteiger partial charge on any atom is -0.497 e. The molecular weight excluding hydrogens is 482 g/mol. The Bertz CT molecular complexity index is 1280. The van der Waals surface area contributed by atoms with Gasteiger partial charge in [0.05, 0.1) is 51.9 Å². The number of amides is 2. The summed E-state index contributed by atoms with van der Waals surface area (Å²) in [5.41, 5.74) is 3.54. The number of carbonyl (C=O) groups excluding carboxylic acids is 1. The highest BCUT2D eigenvalue weighted by molar-refractivity contribution is 6.02. The van der Waals surface area contributed by atoms with E-state index < -0.39 is 0 Å². The molecule has 2 N–H and O–H groups in total. The lowest BCUT2D eigenvalue weighted by Crippen LogP contribution is -2.57. The third-order valence-corrected chi connectivity index (χ3v) is 6.66. The Balaban J connectivity index is 1.60. The molecule has 0 saturated carbocycles. The summed E-state index contributed by atoms with van der Waals surface area (Å²) in [6, 6.07) is 15.6. The highest BCUT2D eigenvalue weighted by Crippen LogP contribution is 2.28. The molecule has 10 heteroatoms. The number of anilines is 1. The van der Waals surface area contributed by atoms with Crippen LogP contribution in [0.2, 0.25) is 0 Å². The molecule has 1 aliphatic heterocycles. The molecule has 1 aliphatic rings. The number of benzene rings is 2. The number of ether oxygens (including phenoxy) is 2. The third kappa shape index (κ3) is 6.20. The highest BCUT2D eigenvalue weighted by atomic mass is 16.5. The lowest BCUT2D eigenvalue weighted by Gasteiger charge is -2.41. The van der Waals surface area contributed by atoms with E-state index in [9.17, 15) is 4.79 Å². The number of nitrogens with zero attached hydrogens (tertiary/aromatic N) is 5. The molecule has 0 radical (unpaired) electrons. The standard InChI is InChI=1S/C28H35N7O3/c1-20(29)26(21(2)30)17-34-16-24(13-31-34)35-19-32(15-23-10-11-25(37-3)12-27(23)38-4)18-33(28(35)36)14-22-8-6-5-7-9-22/h5-13,16,26,29-30H,14-15,17-19H2,1-4H3. The number of carbonyl (C=O) groups is 1. The number of hydrogen-bond donors (Lipinski definition) is 2. The third-order valence-electron chi connectivity index (χ3n) is 6.66. The number of urea groups is 1. The van der Waals surface area contributed by atoms with Crippen molar-refractivity contribution in [3.05, 3.63) is 72.1 Å². The molecule has 0 aliphatic carbocycles. The van der Waals surface area contributed by atoms with Crippen molar-refractivity contribution in [2.24, 2.45) is 5.92 Å². The number of hydrogen-bond acceptors (Lipinski definition) is 7. The Labute approximate surface area is 223 Å². The molecule has 1 aromatic heterocycles. The highest BCUT2D eigenvalue weighted by Gasteiger charge is 2.32. The average Bonchev–Trinajstić information content (AvgIpc) is 3.38. The second-order valence-electron chi connectivity index (χ2n) is 9.52. The van der Waals surface area contributed by atoms with Crippen LogP contribution in [-0.2, 0) is 19.6 Å². The topological polar surface area (TPSA) is 111 Å². The molecule has 2 aromatic carbocycles. The van der Waals surface area contributed by atoms with E-state index in [1.807, 2.05) is 59.6 Å². The number of methoxy groups -OCH3 is 2. The van der Waals surface area contributed by atoms with Crippen LogP contribution in [0.1, 0.15) is 25.0 Å². The van der Waals surface area contributed by atoms with Crippen LogP contribution in [0.3, 0.4) is 0 Å². The predicted molar refractivity (Wildman–Crippen MR) is 147 cm³/mol. The van der Waals surface area contributed by atoms with Gasteiger partial charge in [0.25, 0.3) is 0 Å².